The average Bonchev–Trinajstić information content (AvgIpc) is 0.844. The van der Waals surface area contributed by atoms with Gasteiger partial charge in [-0.25, -0.2) is 0 Å². The molecule has 7 nitrogen and oxygen atoms in total. The molecule has 0 aliphatic carbocycles. The molecule has 0 fully saturated rings. The Labute approximate surface area is 580 Å². The van der Waals surface area contributed by atoms with Crippen LogP contribution >= 0.6 is 0 Å². The fourth-order valence-electron chi connectivity index (χ4n) is 10.4. The first-order chi connectivity index (χ1) is 43.2. The molecule has 0 saturated carbocycles. The minimum atomic E-state index is -1.94. The second kappa shape index (κ2) is 59.1. The molecule has 0 aliphatic heterocycles. The summed E-state index contributed by atoms with van der Waals surface area (Å²) in [5, 5.41) is 0. The standard InChI is InChI=1S/C17H29N.C15H25N.C12H27N.C11H24O.2C10H23N.C9H20O/c1-13(2)9-8-12-18(14(3)4)17-15(5)10-7-11-16(17)6;1-13(2)9-8-12-16(14(3)4)15-10-6-5-7-11-15;1-10(2)8-7-9-13(11(3)4)12(5)6;1-9(2)7-8-11(5,6)12-10(3)4;2*1-9(2)7-6-8-11(5)10(3)4;1-8(2)6-5-7-10-9(3)4/h7,10-11,13-14H,8-9,12H2,1-6H3;5-7,10-11,13-14H,8-9,12H2,1-4H3;10-12H,7-9H2,1-6H3;9-10H,7-8H2,1-6H3;2*9-10H,6-8H2,1-5H3;8-9H,5-7H2,1-4H3/i;;;;5D3;;. The van der Waals surface area contributed by atoms with E-state index in [1.54, 1.807) is 4.90 Å². The van der Waals surface area contributed by atoms with Crippen molar-refractivity contribution in [3.05, 3.63) is 59.7 Å². The molecule has 0 bridgehead atoms. The van der Waals surface area contributed by atoms with Crippen molar-refractivity contribution in [3.8, 4) is 0 Å². The molecule has 0 unspecified atom stereocenters. The molecule has 0 atom stereocenters. The predicted octanol–water partition coefficient (Wildman–Crippen LogP) is 24.8. The Kier molecular flexibility index (Phi) is 59.1. The topological polar surface area (TPSA) is 34.7 Å². The summed E-state index contributed by atoms with van der Waals surface area (Å²) in [6.45, 7) is 80.0. The lowest BCUT2D eigenvalue weighted by molar-refractivity contribution is -0.0627. The first kappa shape index (κ1) is 90.9. The van der Waals surface area contributed by atoms with Gasteiger partial charge in [0.2, 0.25) is 0 Å². The van der Waals surface area contributed by atoms with Gasteiger partial charge in [0.15, 0.2) is 0 Å². The van der Waals surface area contributed by atoms with E-state index >= 15 is 0 Å². The molecule has 544 valence electrons. The summed E-state index contributed by atoms with van der Waals surface area (Å²) in [6.07, 6.45) is 18.3. The Morgan fingerprint density at radius 2 is 0.725 bits per heavy atom. The van der Waals surface area contributed by atoms with Crippen molar-refractivity contribution >= 4 is 11.4 Å². The Morgan fingerprint density at radius 3 is 1.05 bits per heavy atom. The lowest BCUT2D eigenvalue weighted by Gasteiger charge is -2.32. The summed E-state index contributed by atoms with van der Waals surface area (Å²) in [7, 11) is 2.20. The summed E-state index contributed by atoms with van der Waals surface area (Å²) in [5.41, 5.74) is 5.64. The van der Waals surface area contributed by atoms with E-state index in [4.69, 9.17) is 13.6 Å². The van der Waals surface area contributed by atoms with E-state index in [0.717, 1.165) is 61.4 Å². The van der Waals surface area contributed by atoms with Crippen molar-refractivity contribution in [1.82, 2.24) is 14.7 Å². The normalized spacial score (nSPS) is 12.5. The largest absolute Gasteiger partial charge is 0.379 e. The van der Waals surface area contributed by atoms with E-state index in [9.17, 15) is 0 Å². The first-order valence-electron chi connectivity index (χ1n) is 39.4. The molecule has 0 N–H and O–H groups in total. The van der Waals surface area contributed by atoms with Crippen LogP contribution in [0.1, 0.15) is 327 Å². The summed E-state index contributed by atoms with van der Waals surface area (Å²) in [4.78, 5) is 11.6. The van der Waals surface area contributed by atoms with Crippen LogP contribution in [0.15, 0.2) is 48.5 Å². The van der Waals surface area contributed by atoms with Crippen LogP contribution in [0, 0.1) is 55.3 Å². The Hall–Kier alpha value is -2.16. The minimum absolute atomic E-state index is 0.0540. The molecule has 0 aliphatic rings. The van der Waals surface area contributed by atoms with E-state index in [-0.39, 0.29) is 11.6 Å². The number of nitrogens with zero attached hydrogens (tertiary/aromatic N) is 5. The second-order valence-electron chi connectivity index (χ2n) is 32.4. The van der Waals surface area contributed by atoms with Gasteiger partial charge in [-0.15, -0.1) is 0 Å². The number of rotatable bonds is 38. The molecular weight excluding hydrogens is 1110 g/mol. The average molecular weight is 1290 g/mol. The van der Waals surface area contributed by atoms with Crippen LogP contribution in [0.5, 0.6) is 0 Å². The van der Waals surface area contributed by atoms with Crippen molar-refractivity contribution in [3.63, 3.8) is 0 Å². The van der Waals surface area contributed by atoms with Crippen molar-refractivity contribution in [2.75, 3.05) is 63.2 Å². The highest BCUT2D eigenvalue weighted by Crippen LogP contribution is 2.27. The van der Waals surface area contributed by atoms with Crippen LogP contribution in [0.3, 0.4) is 0 Å². The number of anilines is 2. The highest BCUT2D eigenvalue weighted by molar-refractivity contribution is 5.59. The molecule has 7 heteroatoms. The quantitative estimate of drug-likeness (QED) is 0.0620. The zero-order chi connectivity index (χ0) is 74.1. The van der Waals surface area contributed by atoms with Crippen molar-refractivity contribution < 1.29 is 13.6 Å². The summed E-state index contributed by atoms with van der Waals surface area (Å²) in [5.74, 6) is 5.56. The van der Waals surface area contributed by atoms with Crippen LogP contribution < -0.4 is 9.80 Å². The predicted molar refractivity (Wildman–Crippen MR) is 420 cm³/mol. The third-order valence-electron chi connectivity index (χ3n) is 16.2. The van der Waals surface area contributed by atoms with Crippen LogP contribution in [0.25, 0.3) is 0 Å². The number of para-hydroxylation sites is 2. The fourth-order valence-corrected chi connectivity index (χ4v) is 10.4. The molecule has 0 aromatic heterocycles. The van der Waals surface area contributed by atoms with Crippen LogP contribution in [0.2, 0.25) is 0 Å². The van der Waals surface area contributed by atoms with Gasteiger partial charge in [-0.05, 0) is 327 Å². The molecule has 0 spiro atoms. The Morgan fingerprint density at radius 1 is 0.374 bits per heavy atom. The highest BCUT2D eigenvalue weighted by Gasteiger charge is 2.20. The molecule has 0 heterocycles. The van der Waals surface area contributed by atoms with Gasteiger partial charge in [0.1, 0.15) is 0 Å². The molecule has 0 radical (unpaired) electrons. The van der Waals surface area contributed by atoms with Gasteiger partial charge < -0.3 is 29.1 Å². The molecule has 0 amide bonds. The highest BCUT2D eigenvalue weighted by atomic mass is 16.5. The van der Waals surface area contributed by atoms with E-state index in [0.29, 0.717) is 54.9 Å². The summed E-state index contributed by atoms with van der Waals surface area (Å²) < 4.78 is 33.3. The van der Waals surface area contributed by atoms with E-state index in [2.05, 4.69) is 297 Å². The van der Waals surface area contributed by atoms with Gasteiger partial charge in [-0.1, -0.05) is 133 Å². The molecule has 2 rings (SSSR count). The maximum Gasteiger partial charge on any atom is 0.0630 e. The van der Waals surface area contributed by atoms with Gasteiger partial charge in [0.05, 0.1) is 17.8 Å². The van der Waals surface area contributed by atoms with Crippen molar-refractivity contribution in [2.45, 2.75) is 379 Å². The van der Waals surface area contributed by atoms with Crippen molar-refractivity contribution in [1.29, 1.82) is 0 Å². The van der Waals surface area contributed by atoms with E-state index in [1.807, 2.05) is 13.8 Å². The fraction of sp³-hybridized carbons (Fsp3) is 0.857. The van der Waals surface area contributed by atoms with E-state index in [1.165, 1.54) is 119 Å². The summed E-state index contributed by atoms with van der Waals surface area (Å²) >= 11 is 0. The zero-order valence-electron chi connectivity index (χ0n) is 71.5. The zero-order valence-corrected chi connectivity index (χ0v) is 68.5. The monoisotopic (exact) mass is 1290 g/mol. The van der Waals surface area contributed by atoms with Crippen molar-refractivity contribution in [2.24, 2.45) is 41.4 Å². The number of hydrogen-bond donors (Lipinski definition) is 0. The maximum atomic E-state index is 7.36. The van der Waals surface area contributed by atoms with Gasteiger partial charge in [-0.2, -0.15) is 0 Å². The van der Waals surface area contributed by atoms with Gasteiger partial charge in [0, 0.05) is 71.4 Å². The van der Waals surface area contributed by atoms with Gasteiger partial charge >= 0.3 is 0 Å². The van der Waals surface area contributed by atoms with Gasteiger partial charge in [-0.3, -0.25) is 4.90 Å². The minimum Gasteiger partial charge on any atom is -0.379 e. The first-order valence-corrected chi connectivity index (χ1v) is 37.9. The third-order valence-corrected chi connectivity index (χ3v) is 16.2. The lowest BCUT2D eigenvalue weighted by Crippen LogP contribution is -2.37. The van der Waals surface area contributed by atoms with Gasteiger partial charge in [0.25, 0.3) is 0 Å². The van der Waals surface area contributed by atoms with Crippen LogP contribution in [-0.4, -0.2) is 122 Å². The summed E-state index contributed by atoms with van der Waals surface area (Å²) in [6, 6.07) is 20.6. The molecule has 2 aromatic rings. The number of hydrogen-bond acceptors (Lipinski definition) is 7. The third kappa shape index (κ3) is 64.9. The van der Waals surface area contributed by atoms with Crippen LogP contribution in [0.4, 0.5) is 11.4 Å². The number of benzene rings is 2. The molecule has 91 heavy (non-hydrogen) atoms. The smallest absolute Gasteiger partial charge is 0.0630 e. The van der Waals surface area contributed by atoms with Crippen LogP contribution in [-0.2, 0) is 9.47 Å². The number of ether oxygens (including phenoxy) is 2. The van der Waals surface area contributed by atoms with E-state index < -0.39 is 6.98 Å². The Balaban J connectivity index is -0.000000331. The molecule has 2 aromatic carbocycles. The molecule has 0 saturated heterocycles. The molecular formula is C84H171N5O2. The maximum absolute atomic E-state index is 7.36. The number of aryl methyl sites for hydroxylation is 2. The SMILES string of the molecule is CC(C)CCC(C)(C)OC(C)C.CC(C)CCCN(C(C)C)C(C)C.CC(C)CCCN(C)C(C)C.CC(C)CCCN(c1ccccc1)C(C)C.CC(C)CCCOC(C)C.Cc1cccc(C)c1N(CCCC(C)C)C(C)C.[2H]C([2H])([2H])N(CCCC(C)C)C(C)C. The second-order valence-corrected chi connectivity index (χ2v) is 32.4. The lowest BCUT2D eigenvalue weighted by atomic mass is 9.97. The Bertz CT molecular complexity index is 1890.